The average molecular weight is 373 g/mol. The van der Waals surface area contributed by atoms with Crippen molar-refractivity contribution < 1.29 is 35.5 Å². The maximum atomic E-state index is 12.7. The smallest absolute Gasteiger partial charge is 0.435 e. The lowest BCUT2D eigenvalue weighted by Crippen LogP contribution is -2.34. The maximum Gasteiger partial charge on any atom is 0.435 e. The molecule has 1 rings (SSSR count). The zero-order valence-corrected chi connectivity index (χ0v) is 11.4. The lowest BCUT2D eigenvalue weighted by atomic mass is 10.2. The summed E-state index contributed by atoms with van der Waals surface area (Å²) in [5.74, 6) is -5.11. The molecule has 0 fully saturated rings. The summed E-state index contributed by atoms with van der Waals surface area (Å²) in [6, 6.07) is 0. The van der Waals surface area contributed by atoms with Crippen molar-refractivity contribution >= 4 is 15.9 Å². The molecule has 116 valence electrons. The van der Waals surface area contributed by atoms with Gasteiger partial charge in [0, 0.05) is 12.4 Å². The van der Waals surface area contributed by atoms with Crippen LogP contribution in [0.3, 0.4) is 0 Å². The summed E-state index contributed by atoms with van der Waals surface area (Å²) in [7, 11) is 1.03. The van der Waals surface area contributed by atoms with Gasteiger partial charge in [0.05, 0.1) is 5.56 Å². The minimum atomic E-state index is -4.81. The van der Waals surface area contributed by atoms with Crippen LogP contribution in [0.2, 0.25) is 0 Å². The molecule has 0 bridgehead atoms. The Hall–Kier alpha value is -1.00. The van der Waals surface area contributed by atoms with Crippen LogP contribution in [0.15, 0.2) is 0 Å². The first kappa shape index (κ1) is 17.1. The highest BCUT2D eigenvalue weighted by Crippen LogP contribution is 2.37. The molecule has 0 amide bonds. The van der Waals surface area contributed by atoms with Gasteiger partial charge in [-0.15, -0.1) is 0 Å². The molecule has 0 aliphatic carbocycles. The summed E-state index contributed by atoms with van der Waals surface area (Å²) in [4.78, 5) is 0. The lowest BCUT2D eigenvalue weighted by molar-refractivity contribution is -0.149. The molecule has 11 heteroatoms. The van der Waals surface area contributed by atoms with Crippen LogP contribution in [0.25, 0.3) is 0 Å². The number of hydrogen-bond donors (Lipinski definition) is 0. The second-order valence-corrected chi connectivity index (χ2v) is 4.30. The summed E-state index contributed by atoms with van der Waals surface area (Å²) >= 11 is 2.75. The highest BCUT2D eigenvalue weighted by molar-refractivity contribution is 9.08. The van der Waals surface area contributed by atoms with Crippen LogP contribution in [0, 0.1) is 0 Å². The normalized spacial score (nSPS) is 13.1. The fourth-order valence-corrected chi connectivity index (χ4v) is 1.81. The Bertz CT molecular complexity index is 472. The van der Waals surface area contributed by atoms with E-state index in [1.165, 1.54) is 0 Å². The largest absolute Gasteiger partial charge is 0.471 e. The second kappa shape index (κ2) is 5.78. The minimum Gasteiger partial charge on any atom is -0.471 e. The van der Waals surface area contributed by atoms with Gasteiger partial charge in [-0.1, -0.05) is 15.9 Å². The topological polar surface area (TPSA) is 27.1 Å². The van der Waals surface area contributed by atoms with E-state index in [0.29, 0.717) is 4.68 Å². The van der Waals surface area contributed by atoms with E-state index in [9.17, 15) is 30.7 Å². The van der Waals surface area contributed by atoms with Gasteiger partial charge in [-0.05, 0) is 0 Å². The monoisotopic (exact) mass is 372 g/mol. The molecule has 1 heterocycles. The van der Waals surface area contributed by atoms with E-state index in [0.717, 1.165) is 7.05 Å². The number of alkyl halides is 8. The molecule has 0 aromatic carbocycles. The number of nitrogens with zero attached hydrogens (tertiary/aromatic N) is 2. The summed E-state index contributed by atoms with van der Waals surface area (Å²) in [5.41, 5.74) is -1.86. The Morgan fingerprint density at radius 1 is 1.25 bits per heavy atom. The standard InChI is InChI=1S/C9H8BrF7N2O/c1-19-6(20-3-8(13,14)7(11)12)4(2-10)5(18-19)9(15,16)17/h7H,2-3H2,1H3. The molecular formula is C9H8BrF7N2O. The molecule has 0 aliphatic heterocycles. The van der Waals surface area contributed by atoms with Gasteiger partial charge in [-0.2, -0.15) is 27.1 Å². The molecule has 3 nitrogen and oxygen atoms in total. The summed E-state index contributed by atoms with van der Waals surface area (Å²) in [5, 5.41) is 2.72. The van der Waals surface area contributed by atoms with Gasteiger partial charge >= 0.3 is 18.5 Å². The van der Waals surface area contributed by atoms with E-state index in [2.05, 4.69) is 25.8 Å². The molecule has 1 aromatic rings. The SMILES string of the molecule is Cn1nc(C(F)(F)F)c(CBr)c1OCC(F)(F)C(F)F. The zero-order valence-electron chi connectivity index (χ0n) is 9.82. The molecule has 0 aliphatic rings. The summed E-state index contributed by atoms with van der Waals surface area (Å²) in [6.45, 7) is -1.75. The van der Waals surface area contributed by atoms with Crippen molar-refractivity contribution in [3.8, 4) is 5.88 Å². The first-order valence-electron chi connectivity index (χ1n) is 4.98. The first-order chi connectivity index (χ1) is 9.00. The van der Waals surface area contributed by atoms with Crippen molar-refractivity contribution in [2.45, 2.75) is 23.9 Å². The van der Waals surface area contributed by atoms with Gasteiger partial charge in [0.1, 0.15) is 0 Å². The molecule has 1 aromatic heterocycles. The Kier molecular flexibility index (Phi) is 4.93. The van der Waals surface area contributed by atoms with Crippen LogP contribution in [0.4, 0.5) is 30.7 Å². The number of halogens is 8. The molecule has 0 atom stereocenters. The van der Waals surface area contributed by atoms with E-state index in [1.807, 2.05) is 0 Å². The summed E-state index contributed by atoms with van der Waals surface area (Å²) < 4.78 is 92.1. The van der Waals surface area contributed by atoms with E-state index < -0.39 is 42.3 Å². The highest BCUT2D eigenvalue weighted by atomic mass is 79.9. The number of ether oxygens (including phenoxy) is 1. The van der Waals surface area contributed by atoms with Crippen molar-refractivity contribution in [3.63, 3.8) is 0 Å². The Morgan fingerprint density at radius 2 is 1.80 bits per heavy atom. The van der Waals surface area contributed by atoms with Crippen molar-refractivity contribution in [1.82, 2.24) is 9.78 Å². The molecular weight excluding hydrogens is 365 g/mol. The predicted octanol–water partition coefficient (Wildman–Crippen LogP) is 3.61. The van der Waals surface area contributed by atoms with E-state index >= 15 is 0 Å². The Morgan fingerprint density at radius 3 is 2.20 bits per heavy atom. The van der Waals surface area contributed by atoms with Crippen molar-refractivity contribution in [2.24, 2.45) is 7.05 Å². The van der Waals surface area contributed by atoms with Crippen LogP contribution in [-0.2, 0) is 18.6 Å². The third kappa shape index (κ3) is 3.55. The second-order valence-electron chi connectivity index (χ2n) is 3.74. The minimum absolute atomic E-state index is 0.384. The third-order valence-electron chi connectivity index (χ3n) is 2.21. The first-order valence-corrected chi connectivity index (χ1v) is 6.10. The van der Waals surface area contributed by atoms with Gasteiger partial charge in [-0.25, -0.2) is 13.5 Å². The fourth-order valence-electron chi connectivity index (χ4n) is 1.31. The molecule has 0 N–H and O–H groups in total. The van der Waals surface area contributed by atoms with Crippen molar-refractivity contribution in [1.29, 1.82) is 0 Å². The van der Waals surface area contributed by atoms with Gasteiger partial charge in [0.25, 0.3) is 0 Å². The van der Waals surface area contributed by atoms with Crippen molar-refractivity contribution in [3.05, 3.63) is 11.3 Å². The average Bonchev–Trinajstić information content (AvgIpc) is 2.62. The van der Waals surface area contributed by atoms with Crippen LogP contribution < -0.4 is 4.74 Å². The summed E-state index contributed by atoms with van der Waals surface area (Å²) in [6.07, 6.45) is -8.79. The predicted molar refractivity (Wildman–Crippen MR) is 57.3 cm³/mol. The van der Waals surface area contributed by atoms with Crippen LogP contribution in [-0.4, -0.2) is 28.7 Å². The van der Waals surface area contributed by atoms with Gasteiger partial charge in [0.15, 0.2) is 12.3 Å². The Labute approximate surface area is 116 Å². The van der Waals surface area contributed by atoms with Gasteiger partial charge < -0.3 is 4.74 Å². The van der Waals surface area contributed by atoms with E-state index in [4.69, 9.17) is 0 Å². The molecule has 0 unspecified atom stereocenters. The van der Waals surface area contributed by atoms with Gasteiger partial charge in [-0.3, -0.25) is 0 Å². The quantitative estimate of drug-likeness (QED) is 0.583. The van der Waals surface area contributed by atoms with E-state index in [-0.39, 0.29) is 5.33 Å². The van der Waals surface area contributed by atoms with Crippen LogP contribution in [0.5, 0.6) is 5.88 Å². The number of aryl methyl sites for hydroxylation is 1. The zero-order chi connectivity index (χ0) is 15.7. The maximum absolute atomic E-state index is 12.7. The third-order valence-corrected chi connectivity index (χ3v) is 2.77. The molecule has 0 saturated carbocycles. The fraction of sp³-hybridized carbons (Fsp3) is 0.667. The Balaban J connectivity index is 3.05. The lowest BCUT2D eigenvalue weighted by Gasteiger charge is -2.16. The number of aromatic nitrogens is 2. The number of rotatable bonds is 5. The molecule has 0 radical (unpaired) electrons. The number of hydrogen-bond acceptors (Lipinski definition) is 2. The van der Waals surface area contributed by atoms with Crippen molar-refractivity contribution in [2.75, 3.05) is 6.61 Å². The highest BCUT2D eigenvalue weighted by Gasteiger charge is 2.43. The molecule has 0 saturated heterocycles. The van der Waals surface area contributed by atoms with Crippen LogP contribution in [0.1, 0.15) is 11.3 Å². The van der Waals surface area contributed by atoms with Gasteiger partial charge in [0.2, 0.25) is 5.88 Å². The molecule has 0 spiro atoms. The molecule has 20 heavy (non-hydrogen) atoms. The van der Waals surface area contributed by atoms with Crippen LogP contribution >= 0.6 is 15.9 Å². The van der Waals surface area contributed by atoms with E-state index in [1.54, 1.807) is 0 Å².